The van der Waals surface area contributed by atoms with E-state index < -0.39 is 0 Å². The highest BCUT2D eigenvalue weighted by Gasteiger charge is 2.07. The number of hydrogen-bond acceptors (Lipinski definition) is 4. The largest absolute Gasteiger partial charge is 0.444 e. The van der Waals surface area contributed by atoms with Gasteiger partial charge in [0.15, 0.2) is 5.96 Å². The third-order valence-electron chi connectivity index (χ3n) is 4.20. The summed E-state index contributed by atoms with van der Waals surface area (Å²) in [5.41, 5.74) is 4.27. The molecular weight excluding hydrogens is 467 g/mol. The minimum atomic E-state index is 0. The van der Waals surface area contributed by atoms with Gasteiger partial charge < -0.3 is 15.1 Å². The van der Waals surface area contributed by atoms with Crippen LogP contribution in [-0.2, 0) is 20.0 Å². The lowest BCUT2D eigenvalue weighted by atomic mass is 10.1. The molecule has 0 saturated carbocycles. The van der Waals surface area contributed by atoms with Gasteiger partial charge in [0, 0.05) is 32.4 Å². The maximum atomic E-state index is 5.59. The highest BCUT2D eigenvalue weighted by molar-refractivity contribution is 14.0. The van der Waals surface area contributed by atoms with Crippen LogP contribution in [0.5, 0.6) is 0 Å². The molecule has 7 nitrogen and oxygen atoms in total. The van der Waals surface area contributed by atoms with Gasteiger partial charge in [0.05, 0.1) is 18.4 Å². The fraction of sp³-hybridized carbons (Fsp3) is 0.350. The normalized spacial score (nSPS) is 11.2. The van der Waals surface area contributed by atoms with Crippen molar-refractivity contribution in [3.05, 3.63) is 59.7 Å². The summed E-state index contributed by atoms with van der Waals surface area (Å²) in [6.45, 7) is 3.45. The number of guanidine groups is 1. The third-order valence-corrected chi connectivity index (χ3v) is 4.20. The summed E-state index contributed by atoms with van der Waals surface area (Å²) in [6.07, 6.45) is 7.62. The Labute approximate surface area is 182 Å². The van der Waals surface area contributed by atoms with E-state index in [9.17, 15) is 0 Å². The molecule has 8 heteroatoms. The van der Waals surface area contributed by atoms with Crippen molar-refractivity contribution < 1.29 is 4.42 Å². The zero-order chi connectivity index (χ0) is 19.1. The van der Waals surface area contributed by atoms with Gasteiger partial charge in [0.25, 0.3) is 0 Å². The molecule has 0 atom stereocenters. The molecule has 3 rings (SSSR count). The first kappa shape index (κ1) is 21.9. The number of nitrogens with one attached hydrogen (secondary N) is 2. The van der Waals surface area contributed by atoms with Crippen molar-refractivity contribution in [1.82, 2.24) is 25.4 Å². The Morgan fingerprint density at radius 1 is 1.21 bits per heavy atom. The van der Waals surface area contributed by atoms with Crippen LogP contribution in [0, 0.1) is 6.92 Å². The fourth-order valence-electron chi connectivity index (χ4n) is 2.71. The smallest absolute Gasteiger partial charge is 0.226 e. The summed E-state index contributed by atoms with van der Waals surface area (Å²) in [4.78, 5) is 8.78. The number of aliphatic imine (C=N–C) groups is 1. The lowest BCUT2D eigenvalue weighted by Gasteiger charge is -2.10. The van der Waals surface area contributed by atoms with E-state index in [4.69, 9.17) is 4.42 Å². The molecule has 28 heavy (non-hydrogen) atoms. The summed E-state index contributed by atoms with van der Waals surface area (Å²) in [7, 11) is 3.69. The average Bonchev–Trinajstić information content (AvgIpc) is 3.31. The Morgan fingerprint density at radius 3 is 2.68 bits per heavy atom. The maximum absolute atomic E-state index is 5.59. The standard InChI is InChI=1S/C20H26N6O.HI/c1-15-6-8-17(9-7-15)19-25-18(14-27-19)12-23-20(21-2)22-10-4-5-16-11-24-26(3)13-16;/h6-9,11,13-14H,4-5,10,12H2,1-3H3,(H2,21,22,23);1H. The second-order valence-electron chi connectivity index (χ2n) is 6.49. The molecule has 150 valence electrons. The number of benzene rings is 1. The van der Waals surface area contributed by atoms with E-state index in [2.05, 4.69) is 44.8 Å². The van der Waals surface area contributed by atoms with Gasteiger partial charge in [-0.3, -0.25) is 9.67 Å². The summed E-state index contributed by atoms with van der Waals surface area (Å²) in [5, 5.41) is 10.8. The molecule has 0 unspecified atom stereocenters. The van der Waals surface area contributed by atoms with Crippen molar-refractivity contribution in [2.75, 3.05) is 13.6 Å². The Bertz CT molecular complexity index is 884. The highest BCUT2D eigenvalue weighted by Crippen LogP contribution is 2.18. The zero-order valence-electron chi connectivity index (χ0n) is 16.5. The monoisotopic (exact) mass is 494 g/mol. The van der Waals surface area contributed by atoms with Gasteiger partial charge >= 0.3 is 0 Å². The minimum absolute atomic E-state index is 0. The Kier molecular flexibility index (Phi) is 8.49. The predicted molar refractivity (Wildman–Crippen MR) is 122 cm³/mol. The molecule has 1 aromatic carbocycles. The molecule has 0 spiro atoms. The summed E-state index contributed by atoms with van der Waals surface area (Å²) in [5.74, 6) is 1.38. The van der Waals surface area contributed by atoms with E-state index in [-0.39, 0.29) is 24.0 Å². The van der Waals surface area contributed by atoms with Gasteiger partial charge in [-0.15, -0.1) is 24.0 Å². The van der Waals surface area contributed by atoms with Crippen LogP contribution >= 0.6 is 24.0 Å². The number of aryl methyl sites for hydroxylation is 3. The molecule has 0 saturated heterocycles. The van der Waals surface area contributed by atoms with Crippen LogP contribution in [0.1, 0.15) is 23.2 Å². The third kappa shape index (κ3) is 6.36. The molecule has 0 aliphatic heterocycles. The SMILES string of the molecule is CN=C(NCCCc1cnn(C)c1)NCc1coc(-c2ccc(C)cc2)n1.I. The lowest BCUT2D eigenvalue weighted by molar-refractivity contribution is 0.572. The van der Waals surface area contributed by atoms with E-state index in [0.717, 1.165) is 36.6 Å². The van der Waals surface area contributed by atoms with Crippen molar-refractivity contribution in [3.63, 3.8) is 0 Å². The van der Waals surface area contributed by atoms with Gasteiger partial charge in [0.1, 0.15) is 6.26 Å². The summed E-state index contributed by atoms with van der Waals surface area (Å²) < 4.78 is 7.41. The highest BCUT2D eigenvalue weighted by atomic mass is 127. The number of aromatic nitrogens is 3. The maximum Gasteiger partial charge on any atom is 0.226 e. The van der Waals surface area contributed by atoms with Crippen LogP contribution in [0.2, 0.25) is 0 Å². The Balaban J connectivity index is 0.00000280. The molecule has 0 fully saturated rings. The van der Waals surface area contributed by atoms with Crippen molar-refractivity contribution in [1.29, 1.82) is 0 Å². The van der Waals surface area contributed by atoms with E-state index in [1.54, 1.807) is 13.3 Å². The first-order valence-corrected chi connectivity index (χ1v) is 9.07. The number of hydrogen-bond donors (Lipinski definition) is 2. The predicted octanol–water partition coefficient (Wildman–Crippen LogP) is 3.30. The summed E-state index contributed by atoms with van der Waals surface area (Å²) in [6, 6.07) is 8.13. The Hall–Kier alpha value is -2.36. The van der Waals surface area contributed by atoms with Gasteiger partial charge in [0.2, 0.25) is 5.89 Å². The zero-order valence-corrected chi connectivity index (χ0v) is 18.8. The van der Waals surface area contributed by atoms with Crippen LogP contribution in [0.25, 0.3) is 11.5 Å². The molecule has 0 aliphatic rings. The van der Waals surface area contributed by atoms with Crippen LogP contribution in [0.3, 0.4) is 0 Å². The van der Waals surface area contributed by atoms with Gasteiger partial charge in [-0.05, 0) is 37.5 Å². The lowest BCUT2D eigenvalue weighted by Crippen LogP contribution is -2.37. The molecule has 3 aromatic rings. The fourth-order valence-corrected chi connectivity index (χ4v) is 2.71. The Morgan fingerprint density at radius 2 is 2.00 bits per heavy atom. The average molecular weight is 494 g/mol. The summed E-state index contributed by atoms with van der Waals surface area (Å²) >= 11 is 0. The van der Waals surface area contributed by atoms with E-state index in [1.165, 1.54) is 11.1 Å². The van der Waals surface area contributed by atoms with Gasteiger partial charge in [-0.25, -0.2) is 4.98 Å². The molecule has 0 aliphatic carbocycles. The van der Waals surface area contributed by atoms with E-state index in [1.807, 2.05) is 36.3 Å². The van der Waals surface area contributed by atoms with Crippen molar-refractivity contribution in [2.45, 2.75) is 26.3 Å². The topological polar surface area (TPSA) is 80.3 Å². The molecule has 0 radical (unpaired) electrons. The first-order valence-electron chi connectivity index (χ1n) is 9.07. The molecule has 2 N–H and O–H groups in total. The molecule has 0 bridgehead atoms. The van der Waals surface area contributed by atoms with Crippen LogP contribution < -0.4 is 10.6 Å². The van der Waals surface area contributed by atoms with E-state index >= 15 is 0 Å². The first-order chi connectivity index (χ1) is 13.1. The van der Waals surface area contributed by atoms with Crippen LogP contribution in [0.15, 0.2) is 52.3 Å². The number of rotatable bonds is 7. The van der Waals surface area contributed by atoms with E-state index in [0.29, 0.717) is 12.4 Å². The molecule has 2 aromatic heterocycles. The number of halogens is 1. The van der Waals surface area contributed by atoms with Crippen molar-refractivity contribution in [2.24, 2.45) is 12.0 Å². The number of nitrogens with zero attached hydrogens (tertiary/aromatic N) is 4. The number of oxazole rings is 1. The van der Waals surface area contributed by atoms with Crippen molar-refractivity contribution in [3.8, 4) is 11.5 Å². The molecule has 2 heterocycles. The van der Waals surface area contributed by atoms with Crippen molar-refractivity contribution >= 4 is 29.9 Å². The van der Waals surface area contributed by atoms with Crippen LogP contribution in [-0.4, -0.2) is 34.3 Å². The van der Waals surface area contributed by atoms with Gasteiger partial charge in [-0.2, -0.15) is 5.10 Å². The van der Waals surface area contributed by atoms with Gasteiger partial charge in [-0.1, -0.05) is 17.7 Å². The second-order valence-corrected chi connectivity index (χ2v) is 6.49. The van der Waals surface area contributed by atoms with Crippen LogP contribution in [0.4, 0.5) is 0 Å². The second kappa shape index (κ2) is 10.8. The quantitative estimate of drug-likeness (QED) is 0.228. The molecule has 0 amide bonds. The molecular formula is C20H27IN6O. The minimum Gasteiger partial charge on any atom is -0.444 e.